The molecule has 0 saturated carbocycles. The van der Waals surface area contributed by atoms with Crippen LogP contribution in [0.5, 0.6) is 5.75 Å². The van der Waals surface area contributed by atoms with Gasteiger partial charge in [-0.05, 0) is 59.7 Å². The Hall–Kier alpha value is -4.32. The van der Waals surface area contributed by atoms with Crippen molar-refractivity contribution >= 4 is 5.97 Å². The third-order valence-electron chi connectivity index (χ3n) is 4.63. The minimum Gasteiger partial charge on any atom is -0.490 e. The Morgan fingerprint density at radius 1 is 0.781 bits per heavy atom. The van der Waals surface area contributed by atoms with Gasteiger partial charge in [0, 0.05) is 18.5 Å². The van der Waals surface area contributed by atoms with Crippen LogP contribution in [0.2, 0.25) is 0 Å². The second kappa shape index (κ2) is 10.1. The number of aromatic nitrogens is 3. The first-order valence-electron chi connectivity index (χ1n) is 10.1. The molecule has 1 aromatic carbocycles. The van der Waals surface area contributed by atoms with Crippen LogP contribution in [0.4, 0.5) is 0 Å². The first-order chi connectivity index (χ1) is 15.7. The van der Waals surface area contributed by atoms with Crippen molar-refractivity contribution in [3.63, 3.8) is 0 Å². The van der Waals surface area contributed by atoms with Crippen molar-refractivity contribution < 1.29 is 14.3 Å². The Bertz CT molecular complexity index is 1140. The smallest absolute Gasteiger partial charge is 0.330 e. The van der Waals surface area contributed by atoms with Gasteiger partial charge in [0.25, 0.3) is 0 Å². The molecule has 32 heavy (non-hydrogen) atoms. The fraction of sp³-hybridized carbons (Fsp3) is 0.0769. The summed E-state index contributed by atoms with van der Waals surface area (Å²) >= 11 is 0. The van der Waals surface area contributed by atoms with E-state index < -0.39 is 5.97 Å². The maximum absolute atomic E-state index is 11.1. The Morgan fingerprint density at radius 3 is 1.94 bits per heavy atom. The lowest BCUT2D eigenvalue weighted by Crippen LogP contribution is -2.10. The van der Waals surface area contributed by atoms with Gasteiger partial charge in [0.1, 0.15) is 19.0 Å². The minimum absolute atomic E-state index is 0.165. The Balaban J connectivity index is 1.60. The molecule has 0 aliphatic carbocycles. The summed E-state index contributed by atoms with van der Waals surface area (Å²) < 4.78 is 10.5. The van der Waals surface area contributed by atoms with E-state index >= 15 is 0 Å². The molecule has 6 nitrogen and oxygen atoms in total. The average molecular weight is 423 g/mol. The quantitative estimate of drug-likeness (QED) is 0.226. The normalized spacial score (nSPS) is 10.4. The molecule has 4 aromatic rings. The summed E-state index contributed by atoms with van der Waals surface area (Å²) in [6.45, 7) is 3.79. The molecule has 0 saturated heterocycles. The van der Waals surface area contributed by atoms with Gasteiger partial charge in [-0.15, -0.1) is 0 Å². The monoisotopic (exact) mass is 423 g/mol. The summed E-state index contributed by atoms with van der Waals surface area (Å²) in [6.07, 6.45) is 4.63. The lowest BCUT2D eigenvalue weighted by molar-refractivity contribution is -0.138. The Morgan fingerprint density at radius 2 is 1.41 bits per heavy atom. The van der Waals surface area contributed by atoms with Crippen molar-refractivity contribution in [2.45, 2.75) is 0 Å². The lowest BCUT2D eigenvalue weighted by atomic mass is 10.0. The van der Waals surface area contributed by atoms with Crippen LogP contribution in [-0.4, -0.2) is 34.1 Å². The van der Waals surface area contributed by atoms with E-state index in [2.05, 4.69) is 16.5 Å². The molecule has 3 heterocycles. The number of rotatable bonds is 8. The van der Waals surface area contributed by atoms with Crippen LogP contribution in [0.1, 0.15) is 0 Å². The lowest BCUT2D eigenvalue weighted by Gasteiger charge is -2.10. The van der Waals surface area contributed by atoms with Crippen LogP contribution in [0.25, 0.3) is 33.9 Å². The van der Waals surface area contributed by atoms with E-state index in [-0.39, 0.29) is 13.2 Å². The predicted octanol–water partition coefficient (Wildman–Crippen LogP) is 4.98. The fourth-order valence-electron chi connectivity index (χ4n) is 3.09. The van der Waals surface area contributed by atoms with Crippen LogP contribution in [0, 0.1) is 0 Å². The van der Waals surface area contributed by atoms with Crippen molar-refractivity contribution in [3.8, 4) is 39.7 Å². The number of esters is 1. The molecule has 0 aliphatic rings. The van der Waals surface area contributed by atoms with Crippen molar-refractivity contribution in [2.24, 2.45) is 0 Å². The molecule has 0 unspecified atom stereocenters. The number of hydrogen-bond acceptors (Lipinski definition) is 6. The van der Waals surface area contributed by atoms with Gasteiger partial charge in [-0.25, -0.2) is 9.78 Å². The number of pyridine rings is 3. The van der Waals surface area contributed by atoms with Crippen LogP contribution >= 0.6 is 0 Å². The SMILES string of the molecule is C=CC(=O)OCCOc1ccc(-c2cc(-c3ccccn3)nc(-c3ccccn3)c2)cc1. The van der Waals surface area contributed by atoms with Gasteiger partial charge in [0.15, 0.2) is 0 Å². The summed E-state index contributed by atoms with van der Waals surface area (Å²) in [5.74, 6) is 0.224. The molecule has 0 spiro atoms. The van der Waals surface area contributed by atoms with Crippen LogP contribution in [0.3, 0.4) is 0 Å². The maximum Gasteiger partial charge on any atom is 0.330 e. The zero-order valence-electron chi connectivity index (χ0n) is 17.3. The highest BCUT2D eigenvalue weighted by Crippen LogP contribution is 2.29. The van der Waals surface area contributed by atoms with Gasteiger partial charge in [0.05, 0.1) is 22.8 Å². The molecule has 0 fully saturated rings. The van der Waals surface area contributed by atoms with Gasteiger partial charge in [-0.3, -0.25) is 9.97 Å². The van der Waals surface area contributed by atoms with Crippen LogP contribution < -0.4 is 4.74 Å². The number of benzene rings is 1. The second-order valence-corrected chi connectivity index (χ2v) is 6.80. The number of nitrogens with zero attached hydrogens (tertiary/aromatic N) is 3. The molecule has 4 rings (SSSR count). The van der Waals surface area contributed by atoms with E-state index in [0.29, 0.717) is 5.75 Å². The molecule has 0 atom stereocenters. The number of hydrogen-bond donors (Lipinski definition) is 0. The van der Waals surface area contributed by atoms with E-state index in [0.717, 1.165) is 40.0 Å². The predicted molar refractivity (Wildman–Crippen MR) is 123 cm³/mol. The summed E-state index contributed by atoms with van der Waals surface area (Å²) in [6, 6.07) is 23.3. The molecule has 0 N–H and O–H groups in total. The topological polar surface area (TPSA) is 74.2 Å². The molecule has 6 heteroatoms. The van der Waals surface area contributed by atoms with Crippen LogP contribution in [0.15, 0.2) is 97.8 Å². The standard InChI is InChI=1S/C26H21N3O3/c1-2-26(30)32-16-15-31-21-11-9-19(10-12-21)20-17-24(22-7-3-5-13-27-22)29-25(18-20)23-8-4-6-14-28-23/h2-14,17-18H,1,15-16H2. The summed E-state index contributed by atoms with van der Waals surface area (Å²) in [4.78, 5) is 24.8. The molecule has 0 bridgehead atoms. The maximum atomic E-state index is 11.1. The van der Waals surface area contributed by atoms with Gasteiger partial charge < -0.3 is 9.47 Å². The average Bonchev–Trinajstić information content (AvgIpc) is 2.87. The summed E-state index contributed by atoms with van der Waals surface area (Å²) in [5.41, 5.74) is 5.13. The third kappa shape index (κ3) is 5.23. The van der Waals surface area contributed by atoms with Crippen molar-refractivity contribution in [1.82, 2.24) is 15.0 Å². The molecule has 0 aliphatic heterocycles. The van der Waals surface area contributed by atoms with E-state index in [1.165, 1.54) is 0 Å². The Kier molecular flexibility index (Phi) is 6.63. The summed E-state index contributed by atoms with van der Waals surface area (Å²) in [5, 5.41) is 0. The van der Waals surface area contributed by atoms with Crippen molar-refractivity contribution in [3.05, 3.63) is 97.8 Å². The molecule has 0 radical (unpaired) electrons. The first kappa shape index (κ1) is 20.9. The molecule has 0 amide bonds. The van der Waals surface area contributed by atoms with Crippen molar-refractivity contribution in [2.75, 3.05) is 13.2 Å². The molecular weight excluding hydrogens is 402 g/mol. The first-order valence-corrected chi connectivity index (χ1v) is 10.1. The second-order valence-electron chi connectivity index (χ2n) is 6.80. The zero-order valence-corrected chi connectivity index (χ0v) is 17.3. The minimum atomic E-state index is -0.464. The molecule has 158 valence electrons. The van der Waals surface area contributed by atoms with E-state index in [1.807, 2.05) is 72.8 Å². The zero-order chi connectivity index (χ0) is 22.2. The molecule has 3 aromatic heterocycles. The van der Waals surface area contributed by atoms with E-state index in [9.17, 15) is 4.79 Å². The van der Waals surface area contributed by atoms with Crippen LogP contribution in [-0.2, 0) is 9.53 Å². The highest BCUT2D eigenvalue weighted by atomic mass is 16.6. The molecular formula is C26H21N3O3. The van der Waals surface area contributed by atoms with Gasteiger partial charge in [0.2, 0.25) is 0 Å². The van der Waals surface area contributed by atoms with Gasteiger partial charge >= 0.3 is 5.97 Å². The van der Waals surface area contributed by atoms with E-state index in [1.54, 1.807) is 12.4 Å². The fourth-order valence-corrected chi connectivity index (χ4v) is 3.09. The highest BCUT2D eigenvalue weighted by molar-refractivity contribution is 5.81. The number of carbonyl (C=O) groups is 1. The largest absolute Gasteiger partial charge is 0.490 e. The highest BCUT2D eigenvalue weighted by Gasteiger charge is 2.10. The van der Waals surface area contributed by atoms with Crippen molar-refractivity contribution in [1.29, 1.82) is 0 Å². The number of carbonyl (C=O) groups excluding carboxylic acids is 1. The summed E-state index contributed by atoms with van der Waals surface area (Å²) in [7, 11) is 0. The van der Waals surface area contributed by atoms with E-state index in [4.69, 9.17) is 14.5 Å². The number of ether oxygens (including phenoxy) is 2. The van der Waals surface area contributed by atoms with Gasteiger partial charge in [-0.1, -0.05) is 30.8 Å². The Labute approximate surface area is 186 Å². The third-order valence-corrected chi connectivity index (χ3v) is 4.63. The van der Waals surface area contributed by atoms with Gasteiger partial charge in [-0.2, -0.15) is 0 Å².